The molecule has 0 aliphatic carbocycles. The Hall–Kier alpha value is -2.16. The lowest BCUT2D eigenvalue weighted by Crippen LogP contribution is -2.41. The first-order valence-electron chi connectivity index (χ1n) is 6.07. The van der Waals surface area contributed by atoms with Crippen molar-refractivity contribution in [3.8, 4) is 0 Å². The van der Waals surface area contributed by atoms with Crippen LogP contribution in [0.2, 0.25) is 0 Å². The van der Waals surface area contributed by atoms with Gasteiger partial charge in [-0.05, 0) is 0 Å². The minimum absolute atomic E-state index is 0.189. The summed E-state index contributed by atoms with van der Waals surface area (Å²) in [5.41, 5.74) is 0. The van der Waals surface area contributed by atoms with Crippen LogP contribution in [0.25, 0.3) is 0 Å². The molecule has 9 heteroatoms. The SMILES string of the molecule is CC(=O)O[C@@H]1O[C@H](COC=O)[C@@H](OC(C)=O)[C@H]1OC(C)=O. The quantitative estimate of drug-likeness (QED) is 0.357. The van der Waals surface area contributed by atoms with Gasteiger partial charge in [-0.15, -0.1) is 0 Å². The van der Waals surface area contributed by atoms with Gasteiger partial charge in [-0.1, -0.05) is 0 Å². The van der Waals surface area contributed by atoms with Crippen LogP contribution in [0.1, 0.15) is 20.8 Å². The average molecular weight is 304 g/mol. The zero-order chi connectivity index (χ0) is 16.0. The summed E-state index contributed by atoms with van der Waals surface area (Å²) in [6.07, 6.45) is -4.38. The van der Waals surface area contributed by atoms with Gasteiger partial charge in [0, 0.05) is 20.8 Å². The third kappa shape index (κ3) is 5.03. The van der Waals surface area contributed by atoms with E-state index in [0.717, 1.165) is 20.8 Å². The summed E-state index contributed by atoms with van der Waals surface area (Å²) in [6.45, 7) is 3.38. The van der Waals surface area contributed by atoms with E-state index in [1.807, 2.05) is 0 Å². The maximum absolute atomic E-state index is 11.1. The molecule has 0 aromatic carbocycles. The molecule has 1 saturated heterocycles. The van der Waals surface area contributed by atoms with E-state index in [1.54, 1.807) is 0 Å². The lowest BCUT2D eigenvalue weighted by Gasteiger charge is -2.22. The fraction of sp³-hybridized carbons (Fsp3) is 0.667. The minimum atomic E-state index is -1.25. The van der Waals surface area contributed by atoms with Gasteiger partial charge >= 0.3 is 17.9 Å². The van der Waals surface area contributed by atoms with Crippen LogP contribution in [0.4, 0.5) is 0 Å². The van der Waals surface area contributed by atoms with Crippen molar-refractivity contribution in [2.24, 2.45) is 0 Å². The second kappa shape index (κ2) is 7.58. The Morgan fingerprint density at radius 3 is 1.95 bits per heavy atom. The summed E-state index contributed by atoms with van der Waals surface area (Å²) in [6, 6.07) is 0. The molecule has 1 heterocycles. The number of hydrogen-bond acceptors (Lipinski definition) is 9. The predicted molar refractivity (Wildman–Crippen MR) is 63.6 cm³/mol. The molecule has 1 aliphatic heterocycles. The predicted octanol–water partition coefficient (Wildman–Crippen LogP) is -0.689. The smallest absolute Gasteiger partial charge is 0.305 e. The molecule has 118 valence electrons. The lowest BCUT2D eigenvalue weighted by molar-refractivity contribution is -0.196. The summed E-state index contributed by atoms with van der Waals surface area (Å²) in [5, 5.41) is 0. The Morgan fingerprint density at radius 1 is 0.952 bits per heavy atom. The average Bonchev–Trinajstić information content (AvgIpc) is 2.63. The molecule has 1 rings (SSSR count). The van der Waals surface area contributed by atoms with Crippen molar-refractivity contribution in [1.82, 2.24) is 0 Å². The van der Waals surface area contributed by atoms with E-state index in [-0.39, 0.29) is 13.1 Å². The first-order valence-corrected chi connectivity index (χ1v) is 6.07. The second-order valence-corrected chi connectivity index (χ2v) is 4.23. The summed E-state index contributed by atoms with van der Waals surface area (Å²) < 4.78 is 24.8. The van der Waals surface area contributed by atoms with Gasteiger partial charge in [-0.2, -0.15) is 0 Å². The molecule has 0 radical (unpaired) electrons. The van der Waals surface area contributed by atoms with Crippen LogP contribution in [0, 0.1) is 0 Å². The highest BCUT2D eigenvalue weighted by Crippen LogP contribution is 2.28. The molecule has 0 spiro atoms. The Balaban J connectivity index is 2.93. The van der Waals surface area contributed by atoms with Crippen molar-refractivity contribution in [2.45, 2.75) is 45.4 Å². The van der Waals surface area contributed by atoms with Gasteiger partial charge in [0.25, 0.3) is 6.47 Å². The molecule has 0 saturated carbocycles. The summed E-state index contributed by atoms with van der Waals surface area (Å²) >= 11 is 0. The molecule has 0 bridgehead atoms. The van der Waals surface area contributed by atoms with Gasteiger partial charge in [-0.25, -0.2) is 0 Å². The second-order valence-electron chi connectivity index (χ2n) is 4.23. The van der Waals surface area contributed by atoms with Crippen LogP contribution >= 0.6 is 0 Å². The Kier molecular flexibility index (Phi) is 6.10. The standard InChI is InChI=1S/C12H16O9/c1-6(14)18-10-9(4-17-5-13)21-12(20-8(3)16)11(10)19-7(2)15/h5,9-12H,4H2,1-3H3/t9-,10-,11-,12-/m1/s1. The van der Waals surface area contributed by atoms with E-state index in [4.69, 9.17) is 18.9 Å². The van der Waals surface area contributed by atoms with Crippen molar-refractivity contribution < 1.29 is 42.9 Å². The van der Waals surface area contributed by atoms with E-state index in [9.17, 15) is 19.2 Å². The number of hydrogen-bond donors (Lipinski definition) is 0. The Labute approximate surface area is 120 Å². The zero-order valence-electron chi connectivity index (χ0n) is 11.8. The summed E-state index contributed by atoms with van der Waals surface area (Å²) in [5.74, 6) is -1.99. The lowest BCUT2D eigenvalue weighted by atomic mass is 10.1. The number of carbonyl (C=O) groups is 4. The molecular weight excluding hydrogens is 288 g/mol. The molecule has 9 nitrogen and oxygen atoms in total. The van der Waals surface area contributed by atoms with E-state index in [2.05, 4.69) is 4.74 Å². The Morgan fingerprint density at radius 2 is 1.48 bits per heavy atom. The normalized spacial score (nSPS) is 27.6. The molecule has 0 aromatic heterocycles. The molecule has 0 unspecified atom stereocenters. The van der Waals surface area contributed by atoms with E-state index >= 15 is 0 Å². The van der Waals surface area contributed by atoms with Gasteiger partial charge in [0.05, 0.1) is 0 Å². The van der Waals surface area contributed by atoms with Crippen LogP contribution in [-0.2, 0) is 42.9 Å². The minimum Gasteiger partial charge on any atom is -0.465 e. The largest absolute Gasteiger partial charge is 0.465 e. The van der Waals surface area contributed by atoms with Crippen LogP contribution in [-0.4, -0.2) is 55.6 Å². The van der Waals surface area contributed by atoms with Gasteiger partial charge in [0.15, 0.2) is 6.10 Å². The summed E-state index contributed by atoms with van der Waals surface area (Å²) in [7, 11) is 0. The Bertz CT molecular complexity index is 419. The zero-order valence-corrected chi connectivity index (χ0v) is 11.8. The first kappa shape index (κ1) is 16.9. The number of rotatable bonds is 6. The maximum atomic E-state index is 11.1. The van der Waals surface area contributed by atoms with Crippen molar-refractivity contribution in [3.63, 3.8) is 0 Å². The van der Waals surface area contributed by atoms with Crippen molar-refractivity contribution in [2.75, 3.05) is 6.61 Å². The topological polar surface area (TPSA) is 114 Å². The van der Waals surface area contributed by atoms with E-state index in [1.165, 1.54) is 0 Å². The molecule has 1 aliphatic rings. The first-order chi connectivity index (χ1) is 9.85. The highest BCUT2D eigenvalue weighted by Gasteiger charge is 2.51. The molecule has 4 atom stereocenters. The molecule has 0 aromatic rings. The molecular formula is C12H16O9. The molecule has 0 N–H and O–H groups in total. The van der Waals surface area contributed by atoms with Gasteiger partial charge < -0.3 is 23.7 Å². The maximum Gasteiger partial charge on any atom is 0.305 e. The monoisotopic (exact) mass is 304 g/mol. The third-order valence-corrected chi connectivity index (χ3v) is 2.48. The number of esters is 3. The van der Waals surface area contributed by atoms with Crippen LogP contribution in [0.3, 0.4) is 0 Å². The molecule has 1 fully saturated rings. The van der Waals surface area contributed by atoms with Crippen LogP contribution < -0.4 is 0 Å². The van der Waals surface area contributed by atoms with Crippen molar-refractivity contribution in [1.29, 1.82) is 0 Å². The van der Waals surface area contributed by atoms with E-state index < -0.39 is 42.5 Å². The highest BCUT2D eigenvalue weighted by atomic mass is 16.8. The van der Waals surface area contributed by atoms with Gasteiger partial charge in [0.1, 0.15) is 12.7 Å². The number of ether oxygens (including phenoxy) is 5. The van der Waals surface area contributed by atoms with Gasteiger partial charge in [-0.3, -0.25) is 19.2 Å². The number of carbonyl (C=O) groups excluding carboxylic acids is 4. The fourth-order valence-corrected chi connectivity index (χ4v) is 1.87. The molecule has 21 heavy (non-hydrogen) atoms. The van der Waals surface area contributed by atoms with Crippen LogP contribution in [0.15, 0.2) is 0 Å². The fourth-order valence-electron chi connectivity index (χ4n) is 1.87. The third-order valence-electron chi connectivity index (χ3n) is 2.48. The van der Waals surface area contributed by atoms with E-state index in [0.29, 0.717) is 0 Å². The highest BCUT2D eigenvalue weighted by molar-refractivity contribution is 5.68. The van der Waals surface area contributed by atoms with Crippen molar-refractivity contribution >= 4 is 24.4 Å². The van der Waals surface area contributed by atoms with Crippen LogP contribution in [0.5, 0.6) is 0 Å². The van der Waals surface area contributed by atoms with Crippen molar-refractivity contribution in [3.05, 3.63) is 0 Å². The summed E-state index contributed by atoms with van der Waals surface area (Å²) in [4.78, 5) is 43.6. The van der Waals surface area contributed by atoms with Gasteiger partial charge in [0.2, 0.25) is 12.4 Å². The molecule has 0 amide bonds.